The van der Waals surface area contributed by atoms with Crippen LogP contribution in [0, 0.1) is 0 Å². The molecule has 11 nitrogen and oxygen atoms in total. The lowest BCUT2D eigenvalue weighted by atomic mass is 10.1. The predicted molar refractivity (Wildman–Crippen MR) is 92.4 cm³/mol. The molecule has 4 heterocycles. The molecular formula is C13H17ClFN6O5P. The Hall–Kier alpha value is -1.56. The number of nitrogens with zero attached hydrogens (tertiary/aromatic N) is 4. The van der Waals surface area contributed by atoms with Crippen molar-refractivity contribution in [1.29, 1.82) is 0 Å². The molecule has 2 aromatic heterocycles. The van der Waals surface area contributed by atoms with Crippen molar-refractivity contribution >= 4 is 42.4 Å². The van der Waals surface area contributed by atoms with Crippen molar-refractivity contribution in [2.24, 2.45) is 0 Å². The molecule has 2 aliphatic heterocycles. The minimum atomic E-state index is -3.98. The number of nitrogen functional groups attached to an aromatic ring is 2. The van der Waals surface area contributed by atoms with Crippen molar-refractivity contribution in [3.8, 4) is 0 Å². The second kappa shape index (κ2) is 6.23. The van der Waals surface area contributed by atoms with E-state index in [0.717, 1.165) is 0 Å². The van der Waals surface area contributed by atoms with Crippen LogP contribution in [0.4, 0.5) is 16.2 Å². The smallest absolute Gasteiger partial charge is 0.382 e. The summed E-state index contributed by atoms with van der Waals surface area (Å²) in [5.74, 6) is -0.0919. The van der Waals surface area contributed by atoms with Gasteiger partial charge >= 0.3 is 7.82 Å². The molecule has 2 saturated heterocycles. The monoisotopic (exact) mass is 422 g/mol. The first-order chi connectivity index (χ1) is 12.6. The van der Waals surface area contributed by atoms with Crippen LogP contribution in [-0.2, 0) is 22.9 Å². The van der Waals surface area contributed by atoms with E-state index in [2.05, 4.69) is 15.0 Å². The van der Waals surface area contributed by atoms with Gasteiger partial charge in [-0.3, -0.25) is 18.1 Å². The van der Waals surface area contributed by atoms with Crippen LogP contribution in [0.15, 0.2) is 6.33 Å². The summed E-state index contributed by atoms with van der Waals surface area (Å²) in [6.07, 6.45) is -2.96. The van der Waals surface area contributed by atoms with Crippen LogP contribution in [0.2, 0.25) is 0 Å². The number of rotatable bonds is 3. The maximum absolute atomic E-state index is 15.5. The van der Waals surface area contributed by atoms with Gasteiger partial charge in [0.2, 0.25) is 5.95 Å². The van der Waals surface area contributed by atoms with E-state index in [1.54, 1.807) is 13.8 Å². The van der Waals surface area contributed by atoms with E-state index in [4.69, 9.17) is 41.4 Å². The summed E-state index contributed by atoms with van der Waals surface area (Å²) in [7, 11) is -3.98. The fourth-order valence-electron chi connectivity index (χ4n) is 3.01. The van der Waals surface area contributed by atoms with E-state index >= 15 is 4.39 Å². The summed E-state index contributed by atoms with van der Waals surface area (Å²) in [5, 5.41) is -2.62. The molecular weight excluding hydrogens is 406 g/mol. The van der Waals surface area contributed by atoms with Crippen molar-refractivity contribution < 1.29 is 27.3 Å². The van der Waals surface area contributed by atoms with E-state index in [9.17, 15) is 4.57 Å². The third kappa shape index (κ3) is 3.06. The molecule has 148 valence electrons. The third-order valence-corrected chi connectivity index (χ3v) is 6.08. The van der Waals surface area contributed by atoms with Crippen molar-refractivity contribution in [3.63, 3.8) is 0 Å². The van der Waals surface area contributed by atoms with Crippen LogP contribution in [0.3, 0.4) is 0 Å². The number of phosphoric ester groups is 1. The fourth-order valence-corrected chi connectivity index (χ4v) is 5.00. The molecule has 5 atom stereocenters. The second-order valence-corrected chi connectivity index (χ2v) is 8.57. The molecule has 4 N–H and O–H groups in total. The van der Waals surface area contributed by atoms with Crippen LogP contribution in [0.5, 0.6) is 0 Å². The number of hydrogen-bond acceptors (Lipinski definition) is 10. The number of anilines is 2. The molecule has 0 bridgehead atoms. The lowest BCUT2D eigenvalue weighted by molar-refractivity contribution is -0.0733. The Morgan fingerprint density at radius 1 is 1.48 bits per heavy atom. The number of alkyl halides is 2. The number of fused-ring (bicyclic) bond motifs is 2. The molecule has 27 heavy (non-hydrogen) atoms. The average molecular weight is 423 g/mol. The maximum Gasteiger partial charge on any atom is 0.475 e. The largest absolute Gasteiger partial charge is 0.475 e. The van der Waals surface area contributed by atoms with Crippen LogP contribution >= 0.6 is 19.4 Å². The highest BCUT2D eigenvalue weighted by molar-refractivity contribution is 7.48. The summed E-state index contributed by atoms with van der Waals surface area (Å²) in [4.78, 5) is 11.9. The summed E-state index contributed by atoms with van der Waals surface area (Å²) in [6.45, 7) is 3.05. The molecule has 0 aromatic carbocycles. The van der Waals surface area contributed by atoms with Gasteiger partial charge in [0, 0.05) is 0 Å². The number of aromatic nitrogens is 4. The molecule has 0 aliphatic carbocycles. The second-order valence-electron chi connectivity index (χ2n) is 6.42. The minimum absolute atomic E-state index is 0.0279. The van der Waals surface area contributed by atoms with Gasteiger partial charge in [-0.05, 0) is 13.8 Å². The normalized spacial score (nSPS) is 36.4. The Morgan fingerprint density at radius 3 is 2.93 bits per heavy atom. The highest BCUT2D eigenvalue weighted by Gasteiger charge is 2.63. The van der Waals surface area contributed by atoms with Crippen LogP contribution < -0.4 is 11.5 Å². The fraction of sp³-hybridized carbons (Fsp3) is 0.615. The zero-order valence-electron chi connectivity index (χ0n) is 14.3. The molecule has 14 heteroatoms. The van der Waals surface area contributed by atoms with Gasteiger partial charge in [-0.1, -0.05) is 11.6 Å². The first-order valence-electron chi connectivity index (χ1n) is 8.01. The number of nitrogens with two attached hydrogens (primary N) is 2. The summed E-state index contributed by atoms with van der Waals surface area (Å²) >= 11 is 6.14. The zero-order chi connectivity index (χ0) is 19.6. The van der Waals surface area contributed by atoms with Crippen molar-refractivity contribution in [2.45, 2.75) is 43.5 Å². The first kappa shape index (κ1) is 18.8. The maximum atomic E-state index is 15.5. The zero-order valence-corrected chi connectivity index (χ0v) is 15.9. The van der Waals surface area contributed by atoms with E-state index < -0.39 is 37.5 Å². The molecule has 2 aromatic rings. The third-order valence-electron chi connectivity index (χ3n) is 4.05. The van der Waals surface area contributed by atoms with Crippen molar-refractivity contribution in [1.82, 2.24) is 19.5 Å². The Labute approximate surface area is 157 Å². The molecule has 0 amide bonds. The van der Waals surface area contributed by atoms with Crippen molar-refractivity contribution in [2.75, 3.05) is 18.1 Å². The lowest BCUT2D eigenvalue weighted by Crippen LogP contribution is -2.43. The first-order valence-corrected chi connectivity index (χ1v) is 9.85. The van der Waals surface area contributed by atoms with Gasteiger partial charge in [-0.15, -0.1) is 0 Å². The number of phosphoric acid groups is 1. The number of imidazole rings is 1. The Morgan fingerprint density at radius 2 is 2.22 bits per heavy atom. The molecule has 0 spiro atoms. The van der Waals surface area contributed by atoms with E-state index in [0.29, 0.717) is 0 Å². The van der Waals surface area contributed by atoms with Gasteiger partial charge in [0.1, 0.15) is 11.6 Å². The number of halogens is 2. The van der Waals surface area contributed by atoms with Crippen LogP contribution in [0.1, 0.15) is 20.1 Å². The number of ether oxygens (including phenoxy) is 1. The summed E-state index contributed by atoms with van der Waals surface area (Å²) in [5.41, 5.74) is 11.7. The standard InChI is InChI=1S/C13H17ClFN6O5P/c1-5(2)25-27(22)23-3-6-8(26-27)13(14,15)11(24-6)21-4-18-7-9(16)19-12(17)20-10(7)21/h4-6,8,11H,3H2,1-2H3,(H4,16,17,19,20)/t6-,8-,11-,13-,27?/m1/s1. The van der Waals surface area contributed by atoms with E-state index in [-0.39, 0.29) is 29.5 Å². The molecule has 1 unspecified atom stereocenters. The highest BCUT2D eigenvalue weighted by atomic mass is 35.5. The Balaban J connectivity index is 1.70. The SMILES string of the molecule is CC(C)OP1(=O)OC[C@H]2O[C@@H](n3cnc4c(N)nc(N)nc43)[C@@](F)(Cl)[C@@H]2O1. The van der Waals surface area contributed by atoms with E-state index in [1.165, 1.54) is 10.9 Å². The van der Waals surface area contributed by atoms with Crippen LogP contribution in [0.25, 0.3) is 11.2 Å². The van der Waals surface area contributed by atoms with Gasteiger partial charge in [-0.2, -0.15) is 9.97 Å². The lowest BCUT2D eigenvalue weighted by Gasteiger charge is -2.33. The molecule has 0 radical (unpaired) electrons. The molecule has 2 fully saturated rings. The Bertz CT molecular complexity index is 941. The van der Waals surface area contributed by atoms with Gasteiger partial charge in [-0.25, -0.2) is 13.9 Å². The van der Waals surface area contributed by atoms with Crippen LogP contribution in [-0.4, -0.2) is 49.6 Å². The minimum Gasteiger partial charge on any atom is -0.382 e. The molecule has 0 saturated carbocycles. The predicted octanol–water partition coefficient (Wildman–Crippen LogP) is 1.74. The quantitative estimate of drug-likeness (QED) is 0.553. The highest BCUT2D eigenvalue weighted by Crippen LogP contribution is 2.61. The topological polar surface area (TPSA) is 150 Å². The summed E-state index contributed by atoms with van der Waals surface area (Å²) < 4.78 is 50.5. The molecule has 2 aliphatic rings. The van der Waals surface area contributed by atoms with Crippen molar-refractivity contribution in [3.05, 3.63) is 6.33 Å². The number of hydrogen-bond donors (Lipinski definition) is 2. The van der Waals surface area contributed by atoms with Gasteiger partial charge in [0.25, 0.3) is 5.13 Å². The molecule has 4 rings (SSSR count). The summed E-state index contributed by atoms with van der Waals surface area (Å²) in [6, 6.07) is 0. The van der Waals surface area contributed by atoms with Gasteiger partial charge < -0.3 is 16.2 Å². The van der Waals surface area contributed by atoms with Gasteiger partial charge in [0.05, 0.1) is 19.0 Å². The Kier molecular flexibility index (Phi) is 4.33. The average Bonchev–Trinajstić information content (AvgIpc) is 3.05. The van der Waals surface area contributed by atoms with Gasteiger partial charge in [0.15, 0.2) is 23.8 Å². The van der Waals surface area contributed by atoms with E-state index in [1.807, 2.05) is 0 Å².